The van der Waals surface area contributed by atoms with E-state index in [-0.39, 0.29) is 0 Å². The lowest BCUT2D eigenvalue weighted by Crippen LogP contribution is -2.71. The van der Waals surface area contributed by atoms with Crippen molar-refractivity contribution in [3.8, 4) is 79.2 Å². The molecule has 12 rings (SSSR count). The van der Waals surface area contributed by atoms with E-state index in [0.29, 0.717) is 22.9 Å². The summed E-state index contributed by atoms with van der Waals surface area (Å²) in [6.07, 6.45) is 4.12. The first-order valence-electron chi connectivity index (χ1n) is 20.7. The highest BCUT2D eigenvalue weighted by molar-refractivity contribution is 6.00. The molecule has 3 aliphatic rings. The van der Waals surface area contributed by atoms with Crippen LogP contribution in [0.1, 0.15) is 24.8 Å². The molecule has 2 heterocycles. The average Bonchev–Trinajstić information content (AvgIpc) is 3.31. The van der Waals surface area contributed by atoms with E-state index in [1.165, 1.54) is 24.8 Å². The number of nitrogens with zero attached hydrogens (tertiary/aromatic N) is 5. The molecule has 7 aromatic carbocycles. The molecule has 0 aliphatic heterocycles. The summed E-state index contributed by atoms with van der Waals surface area (Å²) in [6.45, 7) is 0. The maximum Gasteiger partial charge on any atom is 0.164 e. The predicted octanol–water partition coefficient (Wildman–Crippen LogP) is 12.8. The first kappa shape index (κ1) is 34.0. The Morgan fingerprint density at radius 1 is 0.373 bits per heavy atom. The van der Waals surface area contributed by atoms with Crippen molar-refractivity contribution in [2.24, 2.45) is 17.8 Å². The van der Waals surface area contributed by atoms with Crippen LogP contribution in [0.4, 0.5) is 0 Å². The van der Waals surface area contributed by atoms with Crippen molar-refractivity contribution in [2.75, 3.05) is 0 Å². The summed E-state index contributed by atoms with van der Waals surface area (Å²) >= 11 is 0. The van der Waals surface area contributed by atoms with Gasteiger partial charge in [-0.15, -0.1) is 0 Å². The lowest BCUT2D eigenvalue weighted by molar-refractivity contribution is -0.219. The van der Waals surface area contributed by atoms with Gasteiger partial charge in [-0.2, -0.15) is 0 Å². The Morgan fingerprint density at radius 2 is 0.898 bits per heavy atom. The molecule has 280 valence electrons. The third-order valence-corrected chi connectivity index (χ3v) is 13.3. The average molecular weight is 758 g/mol. The smallest absolute Gasteiger partial charge is 0.164 e. The van der Waals surface area contributed by atoms with Crippen LogP contribution in [0, 0.1) is 17.8 Å². The van der Waals surface area contributed by atoms with Crippen LogP contribution < -0.4 is 0 Å². The van der Waals surface area contributed by atoms with Crippen LogP contribution in [0.25, 0.3) is 90.0 Å². The fourth-order valence-corrected chi connectivity index (χ4v) is 10.5. The van der Waals surface area contributed by atoms with E-state index in [2.05, 4.69) is 121 Å². The minimum atomic E-state index is 0.378. The summed E-state index contributed by atoms with van der Waals surface area (Å²) in [6, 6.07) is 63.7. The minimum Gasteiger partial charge on any atom is -0.228 e. The highest BCUT2D eigenvalue weighted by Crippen LogP contribution is 2.77. The third-order valence-electron chi connectivity index (χ3n) is 13.3. The molecule has 59 heavy (non-hydrogen) atoms. The van der Waals surface area contributed by atoms with Crippen molar-refractivity contribution in [3.05, 3.63) is 188 Å². The van der Waals surface area contributed by atoms with Crippen LogP contribution in [0.15, 0.2) is 182 Å². The Balaban J connectivity index is 0.984. The third kappa shape index (κ3) is 5.72. The maximum atomic E-state index is 5.33. The fourth-order valence-electron chi connectivity index (χ4n) is 10.5. The van der Waals surface area contributed by atoms with Gasteiger partial charge in [-0.25, -0.2) is 24.9 Å². The molecular weight excluding hydrogens is 719 g/mol. The number of aromatic nitrogens is 5. The Bertz CT molecular complexity index is 2980. The van der Waals surface area contributed by atoms with Crippen molar-refractivity contribution < 1.29 is 0 Å². The predicted molar refractivity (Wildman–Crippen MR) is 237 cm³/mol. The highest BCUT2D eigenvalue weighted by Gasteiger charge is 2.71. The Morgan fingerprint density at radius 3 is 1.56 bits per heavy atom. The maximum absolute atomic E-state index is 5.33. The monoisotopic (exact) mass is 757 g/mol. The first-order valence-corrected chi connectivity index (χ1v) is 20.7. The molecule has 5 heteroatoms. The zero-order valence-electron chi connectivity index (χ0n) is 32.4. The molecule has 0 bridgehead atoms. The SMILES string of the molecule is c1ccc(-c2cc(-c3cccc(-c4cc(-c5nc(-c6ccccc6)nc(-c6ccccc6)n5)cc5ccccc45)c3)nc(-c3cccc(C45CC6CC(C4)C65)c3)n2)cc1. The lowest BCUT2D eigenvalue weighted by Gasteiger charge is -2.76. The second kappa shape index (κ2) is 13.5. The molecule has 3 saturated carbocycles. The van der Waals surface area contributed by atoms with E-state index in [1.807, 2.05) is 60.7 Å². The van der Waals surface area contributed by atoms with Gasteiger partial charge in [-0.3, -0.25) is 0 Å². The molecule has 2 atom stereocenters. The molecule has 0 N–H and O–H groups in total. The fraction of sp³-hybridized carbons (Fsp3) is 0.130. The Hall–Kier alpha value is -7.11. The Kier molecular flexibility index (Phi) is 7.77. The highest BCUT2D eigenvalue weighted by atomic mass is 15.0. The molecule has 3 aliphatic carbocycles. The van der Waals surface area contributed by atoms with E-state index >= 15 is 0 Å². The summed E-state index contributed by atoms with van der Waals surface area (Å²) in [5.74, 6) is 5.46. The van der Waals surface area contributed by atoms with E-state index in [9.17, 15) is 0 Å². The number of hydrogen-bond donors (Lipinski definition) is 0. The van der Waals surface area contributed by atoms with Gasteiger partial charge in [-0.1, -0.05) is 152 Å². The van der Waals surface area contributed by atoms with Gasteiger partial charge >= 0.3 is 0 Å². The van der Waals surface area contributed by atoms with E-state index in [0.717, 1.165) is 90.2 Å². The molecule has 3 fully saturated rings. The number of rotatable bonds is 8. The van der Waals surface area contributed by atoms with Gasteiger partial charge in [0.05, 0.1) is 11.4 Å². The van der Waals surface area contributed by atoms with Gasteiger partial charge in [0.15, 0.2) is 23.3 Å². The van der Waals surface area contributed by atoms with Crippen LogP contribution in [0.5, 0.6) is 0 Å². The molecule has 0 radical (unpaired) electrons. The van der Waals surface area contributed by atoms with Crippen molar-refractivity contribution in [3.63, 3.8) is 0 Å². The first-order chi connectivity index (χ1) is 29.1. The number of hydrogen-bond acceptors (Lipinski definition) is 5. The van der Waals surface area contributed by atoms with Gasteiger partial charge in [0.1, 0.15) is 0 Å². The van der Waals surface area contributed by atoms with Crippen LogP contribution in [0.2, 0.25) is 0 Å². The molecular formula is C54H39N5. The van der Waals surface area contributed by atoms with Crippen LogP contribution in [-0.2, 0) is 5.41 Å². The summed E-state index contributed by atoms with van der Waals surface area (Å²) in [7, 11) is 0. The zero-order valence-corrected chi connectivity index (χ0v) is 32.4. The minimum absolute atomic E-state index is 0.378. The van der Waals surface area contributed by atoms with Gasteiger partial charge < -0.3 is 0 Å². The van der Waals surface area contributed by atoms with E-state index < -0.39 is 0 Å². The van der Waals surface area contributed by atoms with Crippen LogP contribution in [0.3, 0.4) is 0 Å². The zero-order chi connectivity index (χ0) is 38.9. The second-order valence-corrected chi connectivity index (χ2v) is 16.6. The quantitative estimate of drug-likeness (QED) is 0.154. The van der Waals surface area contributed by atoms with E-state index in [1.54, 1.807) is 0 Å². The number of benzene rings is 7. The molecule has 0 saturated heterocycles. The summed E-state index contributed by atoms with van der Waals surface area (Å²) in [4.78, 5) is 25.7. The van der Waals surface area contributed by atoms with Gasteiger partial charge in [-0.05, 0) is 100 Å². The van der Waals surface area contributed by atoms with Gasteiger partial charge in [0.25, 0.3) is 0 Å². The van der Waals surface area contributed by atoms with Crippen molar-refractivity contribution in [1.29, 1.82) is 0 Å². The van der Waals surface area contributed by atoms with Gasteiger partial charge in [0.2, 0.25) is 0 Å². The summed E-state index contributed by atoms with van der Waals surface area (Å²) < 4.78 is 0. The lowest BCUT2D eigenvalue weighted by atomic mass is 9.28. The molecule has 9 aromatic rings. The molecule has 0 amide bonds. The van der Waals surface area contributed by atoms with Crippen LogP contribution in [-0.4, -0.2) is 24.9 Å². The molecule has 0 spiro atoms. The van der Waals surface area contributed by atoms with Crippen LogP contribution >= 0.6 is 0 Å². The second-order valence-electron chi connectivity index (χ2n) is 16.6. The van der Waals surface area contributed by atoms with Crippen molar-refractivity contribution in [2.45, 2.75) is 24.7 Å². The standard InChI is InChI=1S/C54H39N5/c1-4-14-34(15-5-1)47-31-48(56-52(55-47)40-23-13-24-44(29-40)54-32-42-28-43(33-54)49(42)54)39-22-12-21-38(26-39)46-30-41(27-37-20-10-11-25-45(37)46)53-58-50(35-16-6-2-7-17-35)57-51(59-53)36-18-8-3-9-19-36/h1-27,29-31,42-43,49H,28,32-33H2. The number of fused-ring (bicyclic) bond motifs is 1. The largest absolute Gasteiger partial charge is 0.228 e. The molecule has 2 unspecified atom stereocenters. The van der Waals surface area contributed by atoms with Gasteiger partial charge in [0, 0.05) is 33.4 Å². The topological polar surface area (TPSA) is 64.5 Å². The molecule has 5 nitrogen and oxygen atoms in total. The summed E-state index contributed by atoms with van der Waals surface area (Å²) in [5, 5.41) is 2.27. The van der Waals surface area contributed by atoms with E-state index in [4.69, 9.17) is 24.9 Å². The Labute approximate surface area is 343 Å². The molecule has 2 aromatic heterocycles. The normalized spacial score (nSPS) is 19.9. The van der Waals surface area contributed by atoms with Crippen molar-refractivity contribution in [1.82, 2.24) is 24.9 Å². The summed E-state index contributed by atoms with van der Waals surface area (Å²) in [5.41, 5.74) is 11.8. The van der Waals surface area contributed by atoms with Crippen molar-refractivity contribution >= 4 is 10.8 Å².